The van der Waals surface area contributed by atoms with Gasteiger partial charge in [-0.1, -0.05) is 20.8 Å². The molecule has 0 bridgehead atoms. The van der Waals surface area contributed by atoms with Gasteiger partial charge in [-0.2, -0.15) is 10.2 Å². The molecular weight excluding hydrogens is 314 g/mol. The Morgan fingerprint density at radius 2 is 2.08 bits per heavy atom. The molecule has 1 N–H and O–H groups in total. The van der Waals surface area contributed by atoms with Crippen LogP contribution in [0.2, 0.25) is 0 Å². The number of hydrogen-bond acceptors (Lipinski definition) is 3. The molecule has 3 heterocycles. The van der Waals surface area contributed by atoms with Gasteiger partial charge in [0.25, 0.3) is 5.91 Å². The molecule has 0 radical (unpaired) electrons. The highest BCUT2D eigenvalue weighted by atomic mass is 16.2. The molecule has 1 fully saturated rings. The fourth-order valence-corrected chi connectivity index (χ4v) is 3.49. The fraction of sp³-hybridized carbons (Fsp3) is 0.632. The summed E-state index contributed by atoms with van der Waals surface area (Å²) in [6.45, 7) is 10.8. The molecule has 1 amide bonds. The van der Waals surface area contributed by atoms with Crippen LogP contribution in [0.3, 0.4) is 0 Å². The molecule has 2 aromatic rings. The number of aromatic amines is 1. The molecule has 1 aliphatic heterocycles. The van der Waals surface area contributed by atoms with Gasteiger partial charge in [-0.25, -0.2) is 0 Å². The zero-order valence-electron chi connectivity index (χ0n) is 15.7. The Morgan fingerprint density at radius 1 is 1.36 bits per heavy atom. The fourth-order valence-electron chi connectivity index (χ4n) is 3.49. The standard InChI is InChI=1S/C19H29N5O/c1-5-8-24-12-16(14(4)22-24)19(25)23-9-6-15(7-10-23)18-11-17(13(2)3)20-21-18/h11-13,15H,5-10H2,1-4H3,(H,20,21). The first-order valence-electron chi connectivity index (χ1n) is 9.38. The molecule has 0 aromatic carbocycles. The van der Waals surface area contributed by atoms with Crippen LogP contribution in [0.15, 0.2) is 12.3 Å². The topological polar surface area (TPSA) is 66.8 Å². The first-order valence-corrected chi connectivity index (χ1v) is 9.38. The molecule has 25 heavy (non-hydrogen) atoms. The van der Waals surface area contributed by atoms with Crippen molar-refractivity contribution >= 4 is 5.91 Å². The second-order valence-electron chi connectivity index (χ2n) is 7.36. The maximum atomic E-state index is 12.8. The first kappa shape index (κ1) is 17.7. The Balaban J connectivity index is 1.62. The number of aryl methyl sites for hydroxylation is 2. The van der Waals surface area contributed by atoms with Gasteiger partial charge in [0.1, 0.15) is 0 Å². The Bertz CT molecular complexity index is 722. The van der Waals surface area contributed by atoms with Crippen molar-refractivity contribution in [2.75, 3.05) is 13.1 Å². The van der Waals surface area contributed by atoms with Crippen molar-refractivity contribution < 1.29 is 4.79 Å². The SMILES string of the molecule is CCCn1cc(C(=O)N2CCC(c3cc(C(C)C)n[nH]3)CC2)c(C)n1. The van der Waals surface area contributed by atoms with Crippen molar-refractivity contribution in [1.82, 2.24) is 24.9 Å². The molecule has 1 saturated heterocycles. The highest BCUT2D eigenvalue weighted by Gasteiger charge is 2.27. The van der Waals surface area contributed by atoms with Gasteiger partial charge in [0.15, 0.2) is 0 Å². The summed E-state index contributed by atoms with van der Waals surface area (Å²) in [6.07, 6.45) is 4.88. The van der Waals surface area contributed by atoms with E-state index < -0.39 is 0 Å². The van der Waals surface area contributed by atoms with Crippen LogP contribution < -0.4 is 0 Å². The summed E-state index contributed by atoms with van der Waals surface area (Å²) in [5, 5.41) is 12.1. The molecule has 2 aromatic heterocycles. The number of likely N-dealkylation sites (tertiary alicyclic amines) is 1. The van der Waals surface area contributed by atoms with Crippen molar-refractivity contribution in [1.29, 1.82) is 0 Å². The molecular formula is C19H29N5O. The van der Waals surface area contributed by atoms with Gasteiger partial charge in [0, 0.05) is 37.4 Å². The predicted octanol–water partition coefficient (Wildman–Crippen LogP) is 3.47. The van der Waals surface area contributed by atoms with Crippen LogP contribution in [0.1, 0.15) is 79.3 Å². The summed E-state index contributed by atoms with van der Waals surface area (Å²) >= 11 is 0. The average molecular weight is 343 g/mol. The maximum Gasteiger partial charge on any atom is 0.257 e. The van der Waals surface area contributed by atoms with E-state index in [1.165, 1.54) is 5.69 Å². The molecule has 0 unspecified atom stereocenters. The highest BCUT2D eigenvalue weighted by molar-refractivity contribution is 5.95. The van der Waals surface area contributed by atoms with E-state index in [1.807, 2.05) is 22.7 Å². The van der Waals surface area contributed by atoms with Crippen molar-refractivity contribution in [3.8, 4) is 0 Å². The number of aromatic nitrogens is 4. The van der Waals surface area contributed by atoms with E-state index in [1.54, 1.807) is 0 Å². The second-order valence-corrected chi connectivity index (χ2v) is 7.36. The largest absolute Gasteiger partial charge is 0.338 e. The molecule has 0 atom stereocenters. The smallest absolute Gasteiger partial charge is 0.257 e. The summed E-state index contributed by atoms with van der Waals surface area (Å²) in [4.78, 5) is 14.8. The number of carbonyl (C=O) groups is 1. The molecule has 0 saturated carbocycles. The summed E-state index contributed by atoms with van der Waals surface area (Å²) < 4.78 is 1.88. The molecule has 1 aliphatic rings. The lowest BCUT2D eigenvalue weighted by Gasteiger charge is -2.31. The summed E-state index contributed by atoms with van der Waals surface area (Å²) in [5.74, 6) is 1.02. The van der Waals surface area contributed by atoms with Crippen molar-refractivity contribution in [3.63, 3.8) is 0 Å². The van der Waals surface area contributed by atoms with Crippen molar-refractivity contribution in [3.05, 3.63) is 34.9 Å². The van der Waals surface area contributed by atoms with Crippen molar-refractivity contribution in [2.24, 2.45) is 0 Å². The number of hydrogen-bond donors (Lipinski definition) is 1. The highest BCUT2D eigenvalue weighted by Crippen LogP contribution is 2.29. The van der Waals surface area contributed by atoms with Gasteiger partial charge in [0.2, 0.25) is 0 Å². The Labute approximate surface area is 149 Å². The van der Waals surface area contributed by atoms with Crippen LogP contribution >= 0.6 is 0 Å². The van der Waals surface area contributed by atoms with E-state index in [9.17, 15) is 4.79 Å². The molecule has 136 valence electrons. The maximum absolute atomic E-state index is 12.8. The van der Waals surface area contributed by atoms with E-state index in [4.69, 9.17) is 0 Å². The van der Waals surface area contributed by atoms with Crippen molar-refractivity contribution in [2.45, 2.75) is 65.3 Å². The third-order valence-corrected chi connectivity index (χ3v) is 5.06. The first-order chi connectivity index (χ1) is 12.0. The van der Waals surface area contributed by atoms with Gasteiger partial charge in [0.05, 0.1) is 17.0 Å². The molecule has 0 spiro atoms. The predicted molar refractivity (Wildman–Crippen MR) is 97.8 cm³/mol. The second kappa shape index (κ2) is 7.42. The Hall–Kier alpha value is -2.11. The third kappa shape index (κ3) is 3.78. The van der Waals surface area contributed by atoms with E-state index in [0.29, 0.717) is 11.8 Å². The minimum Gasteiger partial charge on any atom is -0.338 e. The number of piperidine rings is 1. The quantitative estimate of drug-likeness (QED) is 0.904. The van der Waals surface area contributed by atoms with Gasteiger partial charge in [-0.3, -0.25) is 14.6 Å². The van der Waals surface area contributed by atoms with E-state index >= 15 is 0 Å². The normalized spacial score (nSPS) is 16.0. The number of nitrogens with zero attached hydrogens (tertiary/aromatic N) is 4. The Kier molecular flexibility index (Phi) is 5.25. The summed E-state index contributed by atoms with van der Waals surface area (Å²) in [5.41, 5.74) is 3.90. The molecule has 3 rings (SSSR count). The zero-order chi connectivity index (χ0) is 18.0. The lowest BCUT2D eigenvalue weighted by Crippen LogP contribution is -2.38. The van der Waals surface area contributed by atoms with Crippen LogP contribution in [0.5, 0.6) is 0 Å². The number of amides is 1. The monoisotopic (exact) mass is 343 g/mol. The number of carbonyl (C=O) groups excluding carboxylic acids is 1. The molecule has 6 heteroatoms. The third-order valence-electron chi connectivity index (χ3n) is 5.06. The lowest BCUT2D eigenvalue weighted by molar-refractivity contribution is 0.0711. The van der Waals surface area contributed by atoms with Crippen LogP contribution in [-0.4, -0.2) is 43.9 Å². The Morgan fingerprint density at radius 3 is 2.68 bits per heavy atom. The van der Waals surface area contributed by atoms with Gasteiger partial charge in [-0.15, -0.1) is 0 Å². The molecule has 6 nitrogen and oxygen atoms in total. The van der Waals surface area contributed by atoms with E-state index in [-0.39, 0.29) is 5.91 Å². The van der Waals surface area contributed by atoms with Gasteiger partial charge in [-0.05, 0) is 38.2 Å². The lowest BCUT2D eigenvalue weighted by atomic mass is 9.92. The molecule has 0 aliphatic carbocycles. The van der Waals surface area contributed by atoms with Crippen LogP contribution in [0.4, 0.5) is 0 Å². The number of nitrogens with one attached hydrogen (secondary N) is 1. The van der Waals surface area contributed by atoms with Crippen LogP contribution in [-0.2, 0) is 6.54 Å². The van der Waals surface area contributed by atoms with Gasteiger partial charge >= 0.3 is 0 Å². The number of H-pyrrole nitrogens is 1. The number of rotatable bonds is 5. The summed E-state index contributed by atoms with van der Waals surface area (Å²) in [7, 11) is 0. The average Bonchev–Trinajstić information content (AvgIpc) is 3.22. The minimum absolute atomic E-state index is 0.116. The van der Waals surface area contributed by atoms with Gasteiger partial charge < -0.3 is 4.90 Å². The zero-order valence-corrected chi connectivity index (χ0v) is 15.7. The van der Waals surface area contributed by atoms with E-state index in [2.05, 4.69) is 42.1 Å². The van der Waals surface area contributed by atoms with Crippen LogP contribution in [0, 0.1) is 6.92 Å². The van der Waals surface area contributed by atoms with E-state index in [0.717, 1.165) is 55.8 Å². The summed E-state index contributed by atoms with van der Waals surface area (Å²) in [6, 6.07) is 2.19. The minimum atomic E-state index is 0.116. The van der Waals surface area contributed by atoms with Crippen LogP contribution in [0.25, 0.3) is 0 Å².